The maximum atomic E-state index is 12.5. The monoisotopic (exact) mass is 407 g/mol. The normalized spacial score (nSPS) is 14.0. The Hall–Kier alpha value is -2.19. The van der Waals surface area contributed by atoms with E-state index < -0.39 is 25.6 Å². The molecule has 1 aliphatic carbocycles. The maximum absolute atomic E-state index is 12.5. The minimum atomic E-state index is -3.56. The van der Waals surface area contributed by atoms with Crippen molar-refractivity contribution in [2.24, 2.45) is 0 Å². The molecule has 0 radical (unpaired) electrons. The lowest BCUT2D eigenvalue weighted by atomic mass is 10.1. The number of nitrogens with one attached hydrogen (secondary N) is 1. The molecular formula is C19H21NO5S2. The molecule has 6 nitrogen and oxygen atoms in total. The Kier molecular flexibility index (Phi) is 5.39. The Balaban J connectivity index is 1.65. The molecule has 2 aromatic carbocycles. The van der Waals surface area contributed by atoms with Crippen LogP contribution in [0.4, 0.5) is 5.69 Å². The molecule has 0 spiro atoms. The highest BCUT2D eigenvalue weighted by atomic mass is 32.2. The lowest BCUT2D eigenvalue weighted by Gasteiger charge is -2.09. The van der Waals surface area contributed by atoms with E-state index in [-0.39, 0.29) is 22.0 Å². The first-order valence-electron chi connectivity index (χ1n) is 8.60. The number of carbonyl (C=O) groups is 1. The first-order chi connectivity index (χ1) is 12.6. The highest BCUT2D eigenvalue weighted by molar-refractivity contribution is 7.91. The minimum Gasteiger partial charge on any atom is -0.326 e. The molecule has 144 valence electrons. The van der Waals surface area contributed by atoms with Crippen LogP contribution in [-0.2, 0) is 37.3 Å². The third kappa shape index (κ3) is 4.75. The molecule has 27 heavy (non-hydrogen) atoms. The molecule has 0 saturated carbocycles. The van der Waals surface area contributed by atoms with Gasteiger partial charge in [0.15, 0.2) is 19.7 Å². The first kappa shape index (κ1) is 19.6. The molecule has 1 N–H and O–H groups in total. The van der Waals surface area contributed by atoms with Crippen LogP contribution >= 0.6 is 0 Å². The number of amides is 1. The van der Waals surface area contributed by atoms with Gasteiger partial charge in [0, 0.05) is 18.4 Å². The molecule has 1 aliphatic rings. The number of benzene rings is 2. The largest absolute Gasteiger partial charge is 0.326 e. The van der Waals surface area contributed by atoms with Crippen LogP contribution in [0.15, 0.2) is 52.3 Å². The second-order valence-corrected chi connectivity index (χ2v) is 10.8. The molecule has 2 aromatic rings. The van der Waals surface area contributed by atoms with Crippen LogP contribution in [0.2, 0.25) is 0 Å². The molecule has 0 unspecified atom stereocenters. The fourth-order valence-electron chi connectivity index (χ4n) is 3.11. The average molecular weight is 408 g/mol. The van der Waals surface area contributed by atoms with Crippen molar-refractivity contribution in [3.05, 3.63) is 53.6 Å². The van der Waals surface area contributed by atoms with Crippen molar-refractivity contribution in [3.63, 3.8) is 0 Å². The van der Waals surface area contributed by atoms with Gasteiger partial charge < -0.3 is 5.32 Å². The summed E-state index contributed by atoms with van der Waals surface area (Å²) >= 11 is 0. The number of fused-ring (bicyclic) bond motifs is 1. The van der Waals surface area contributed by atoms with Crippen molar-refractivity contribution in [2.75, 3.05) is 17.3 Å². The number of rotatable bonds is 6. The average Bonchev–Trinajstić information content (AvgIpc) is 3.07. The van der Waals surface area contributed by atoms with Gasteiger partial charge in [0.2, 0.25) is 5.91 Å². The fourth-order valence-corrected chi connectivity index (χ4v) is 5.07. The van der Waals surface area contributed by atoms with E-state index in [9.17, 15) is 21.6 Å². The summed E-state index contributed by atoms with van der Waals surface area (Å²) in [5, 5.41) is 2.55. The van der Waals surface area contributed by atoms with Crippen molar-refractivity contribution in [2.45, 2.75) is 35.5 Å². The fraction of sp³-hybridized carbons (Fsp3) is 0.316. The molecule has 3 rings (SSSR count). The number of carbonyl (C=O) groups excluding carboxylic acids is 1. The summed E-state index contributed by atoms with van der Waals surface area (Å²) in [5.41, 5.74) is 2.58. The zero-order chi connectivity index (χ0) is 19.7. The number of sulfone groups is 2. The lowest BCUT2D eigenvalue weighted by Crippen LogP contribution is -2.17. The van der Waals surface area contributed by atoms with Crippen LogP contribution in [0.5, 0.6) is 0 Å². The van der Waals surface area contributed by atoms with Gasteiger partial charge in [0.1, 0.15) is 0 Å². The van der Waals surface area contributed by atoms with Crippen molar-refractivity contribution in [1.82, 2.24) is 0 Å². The zero-order valence-corrected chi connectivity index (χ0v) is 16.6. The highest BCUT2D eigenvalue weighted by Gasteiger charge is 2.20. The third-order valence-electron chi connectivity index (χ3n) is 4.57. The SMILES string of the molecule is CS(=O)(=O)c1cccc(NC(=O)CCS(=O)(=O)c2ccc3c(c2)CCC3)c1. The summed E-state index contributed by atoms with van der Waals surface area (Å²) in [7, 11) is -6.94. The highest BCUT2D eigenvalue weighted by Crippen LogP contribution is 2.25. The Labute approximate surface area is 159 Å². The van der Waals surface area contributed by atoms with E-state index in [0.29, 0.717) is 5.69 Å². The van der Waals surface area contributed by atoms with Gasteiger partial charge in [-0.1, -0.05) is 12.1 Å². The van der Waals surface area contributed by atoms with Gasteiger partial charge in [0.25, 0.3) is 0 Å². The number of aryl methyl sites for hydroxylation is 2. The Bertz CT molecular complexity index is 1090. The molecule has 0 aromatic heterocycles. The van der Waals surface area contributed by atoms with Crippen LogP contribution in [0.3, 0.4) is 0 Å². The second-order valence-electron chi connectivity index (χ2n) is 6.70. The third-order valence-corrected chi connectivity index (χ3v) is 7.40. The summed E-state index contributed by atoms with van der Waals surface area (Å²) in [6, 6.07) is 11.0. The van der Waals surface area contributed by atoms with E-state index in [4.69, 9.17) is 0 Å². The van der Waals surface area contributed by atoms with Gasteiger partial charge in [-0.2, -0.15) is 0 Å². The minimum absolute atomic E-state index is 0.0889. The molecule has 8 heteroatoms. The van der Waals surface area contributed by atoms with E-state index >= 15 is 0 Å². The van der Waals surface area contributed by atoms with Crippen molar-refractivity contribution in [3.8, 4) is 0 Å². The molecule has 0 saturated heterocycles. The van der Waals surface area contributed by atoms with Crippen LogP contribution in [-0.4, -0.2) is 34.8 Å². The van der Waals surface area contributed by atoms with Crippen molar-refractivity contribution < 1.29 is 21.6 Å². The van der Waals surface area contributed by atoms with Crippen LogP contribution < -0.4 is 5.32 Å². The van der Waals surface area contributed by atoms with Crippen molar-refractivity contribution >= 4 is 31.3 Å². The molecule has 0 aliphatic heterocycles. The topological polar surface area (TPSA) is 97.4 Å². The molecule has 1 amide bonds. The molecule has 0 heterocycles. The van der Waals surface area contributed by atoms with Gasteiger partial charge in [-0.15, -0.1) is 0 Å². The van der Waals surface area contributed by atoms with E-state index in [1.165, 1.54) is 23.8 Å². The molecular weight excluding hydrogens is 386 g/mol. The summed E-state index contributed by atoms with van der Waals surface area (Å²) in [5.74, 6) is -0.783. The molecule has 0 atom stereocenters. The number of hydrogen-bond acceptors (Lipinski definition) is 5. The van der Waals surface area contributed by atoms with Gasteiger partial charge in [-0.05, 0) is 60.7 Å². The van der Waals surface area contributed by atoms with Crippen LogP contribution in [0, 0.1) is 0 Å². The van der Waals surface area contributed by atoms with Gasteiger partial charge >= 0.3 is 0 Å². The predicted octanol–water partition coefficient (Wildman–Crippen LogP) is 2.38. The molecule has 0 fully saturated rings. The van der Waals surface area contributed by atoms with Gasteiger partial charge in [0.05, 0.1) is 15.5 Å². The Morgan fingerprint density at radius 3 is 2.44 bits per heavy atom. The van der Waals surface area contributed by atoms with Gasteiger partial charge in [-0.3, -0.25) is 4.79 Å². The smallest absolute Gasteiger partial charge is 0.225 e. The summed E-state index contributed by atoms with van der Waals surface area (Å²) in [6.07, 6.45) is 3.77. The Morgan fingerprint density at radius 2 is 1.70 bits per heavy atom. The maximum Gasteiger partial charge on any atom is 0.225 e. The summed E-state index contributed by atoms with van der Waals surface area (Å²) in [4.78, 5) is 12.4. The van der Waals surface area contributed by atoms with Crippen LogP contribution in [0.1, 0.15) is 24.0 Å². The first-order valence-corrected chi connectivity index (χ1v) is 12.1. The van der Waals surface area contributed by atoms with E-state index in [1.54, 1.807) is 18.2 Å². The summed E-state index contributed by atoms with van der Waals surface area (Å²) in [6.45, 7) is 0. The van der Waals surface area contributed by atoms with E-state index in [0.717, 1.165) is 31.1 Å². The van der Waals surface area contributed by atoms with Crippen molar-refractivity contribution in [1.29, 1.82) is 0 Å². The van der Waals surface area contributed by atoms with Gasteiger partial charge in [-0.25, -0.2) is 16.8 Å². The zero-order valence-electron chi connectivity index (χ0n) is 14.9. The second kappa shape index (κ2) is 7.44. The lowest BCUT2D eigenvalue weighted by molar-refractivity contribution is -0.115. The predicted molar refractivity (Wildman–Crippen MR) is 103 cm³/mol. The Morgan fingerprint density at radius 1 is 0.963 bits per heavy atom. The van der Waals surface area contributed by atoms with E-state index in [1.807, 2.05) is 6.07 Å². The molecule has 0 bridgehead atoms. The summed E-state index contributed by atoms with van der Waals surface area (Å²) < 4.78 is 48.2. The number of hydrogen-bond donors (Lipinski definition) is 1. The van der Waals surface area contributed by atoms with Crippen LogP contribution in [0.25, 0.3) is 0 Å². The standard InChI is InChI=1S/C19H21NO5S2/c1-26(22,23)17-7-3-6-16(13-17)20-19(21)10-11-27(24,25)18-9-8-14-4-2-5-15(14)12-18/h3,6-9,12-13H,2,4-5,10-11H2,1H3,(H,20,21). The number of anilines is 1. The van der Waals surface area contributed by atoms with E-state index in [2.05, 4.69) is 5.32 Å². The quantitative estimate of drug-likeness (QED) is 0.793.